The van der Waals surface area contributed by atoms with Crippen LogP contribution in [-0.2, 0) is 4.74 Å². The second-order valence-electron chi connectivity index (χ2n) is 7.44. The summed E-state index contributed by atoms with van der Waals surface area (Å²) in [7, 11) is 0. The number of benzene rings is 1. The zero-order valence-electron chi connectivity index (χ0n) is 15.0. The number of nitrogens with zero attached hydrogens (tertiary/aromatic N) is 3. The van der Waals surface area contributed by atoms with Crippen LogP contribution in [0.25, 0.3) is 10.2 Å². The zero-order valence-corrected chi connectivity index (χ0v) is 15.8. The van der Waals surface area contributed by atoms with Crippen LogP contribution in [0.5, 0.6) is 0 Å². The van der Waals surface area contributed by atoms with E-state index in [-0.39, 0.29) is 12.1 Å². The van der Waals surface area contributed by atoms with Crippen LogP contribution in [0.4, 0.5) is 9.93 Å². The third-order valence-electron chi connectivity index (χ3n) is 4.06. The lowest BCUT2D eigenvalue weighted by atomic mass is 10.2. The molecule has 24 heavy (non-hydrogen) atoms. The summed E-state index contributed by atoms with van der Waals surface area (Å²) < 4.78 is 6.70. The molecule has 1 aromatic carbocycles. The first kappa shape index (κ1) is 17.0. The van der Waals surface area contributed by atoms with E-state index in [1.165, 1.54) is 10.3 Å². The fourth-order valence-corrected chi connectivity index (χ4v) is 4.07. The lowest BCUT2D eigenvalue weighted by molar-refractivity contribution is 0.0219. The molecule has 1 aliphatic heterocycles. The highest BCUT2D eigenvalue weighted by molar-refractivity contribution is 7.22. The summed E-state index contributed by atoms with van der Waals surface area (Å²) in [5.41, 5.74) is 1.84. The quantitative estimate of drug-likeness (QED) is 0.781. The van der Waals surface area contributed by atoms with Gasteiger partial charge in [-0.3, -0.25) is 0 Å². The smallest absolute Gasteiger partial charge is 0.410 e. The van der Waals surface area contributed by atoms with Crippen molar-refractivity contribution in [3.63, 3.8) is 0 Å². The predicted molar refractivity (Wildman–Crippen MR) is 99.0 cm³/mol. The first-order valence-corrected chi connectivity index (χ1v) is 9.16. The first-order valence-electron chi connectivity index (χ1n) is 8.35. The Morgan fingerprint density at radius 1 is 1.33 bits per heavy atom. The van der Waals surface area contributed by atoms with E-state index in [0.717, 1.165) is 17.2 Å². The van der Waals surface area contributed by atoms with E-state index in [9.17, 15) is 4.79 Å². The molecule has 0 saturated carbocycles. The number of ether oxygens (including phenoxy) is 1. The number of carbonyl (C=O) groups excluding carboxylic acids is 1. The van der Waals surface area contributed by atoms with Crippen LogP contribution in [0.3, 0.4) is 0 Å². The summed E-state index contributed by atoms with van der Waals surface area (Å²) in [5.74, 6) is 0. The molecular weight excluding hydrogens is 322 g/mol. The van der Waals surface area contributed by atoms with Gasteiger partial charge in [0, 0.05) is 25.7 Å². The fraction of sp³-hybridized carbons (Fsp3) is 0.556. The highest BCUT2D eigenvalue weighted by atomic mass is 32.1. The summed E-state index contributed by atoms with van der Waals surface area (Å²) >= 11 is 1.72. The Balaban J connectivity index is 1.72. The van der Waals surface area contributed by atoms with Gasteiger partial charge >= 0.3 is 6.09 Å². The van der Waals surface area contributed by atoms with Gasteiger partial charge in [-0.05, 0) is 52.3 Å². The molecule has 0 spiro atoms. The van der Waals surface area contributed by atoms with Gasteiger partial charge in [-0.1, -0.05) is 17.4 Å². The molecule has 130 valence electrons. The molecular formula is C18H25N3O2S. The van der Waals surface area contributed by atoms with Crippen LogP contribution < -0.4 is 4.90 Å². The van der Waals surface area contributed by atoms with Gasteiger partial charge in [0.15, 0.2) is 5.13 Å². The molecule has 1 atom stereocenters. The molecule has 0 radical (unpaired) electrons. The Kier molecular flexibility index (Phi) is 4.42. The Bertz CT molecular complexity index is 750. The van der Waals surface area contributed by atoms with Crippen molar-refractivity contribution in [1.29, 1.82) is 0 Å². The molecule has 2 heterocycles. The van der Waals surface area contributed by atoms with E-state index in [1.807, 2.05) is 20.8 Å². The molecule has 1 amide bonds. The summed E-state index contributed by atoms with van der Waals surface area (Å²) in [6, 6.07) is 6.56. The van der Waals surface area contributed by atoms with Gasteiger partial charge in [0.05, 0.1) is 10.2 Å². The maximum atomic E-state index is 12.3. The number of anilines is 1. The minimum absolute atomic E-state index is 0.216. The number of amides is 1. The second kappa shape index (κ2) is 6.24. The number of aromatic nitrogens is 1. The summed E-state index contributed by atoms with van der Waals surface area (Å²) in [4.78, 5) is 21.1. The van der Waals surface area contributed by atoms with Crippen LogP contribution in [0.15, 0.2) is 18.2 Å². The highest BCUT2D eigenvalue weighted by Crippen LogP contribution is 2.31. The number of thiazole rings is 1. The van der Waals surface area contributed by atoms with Crippen molar-refractivity contribution in [3.8, 4) is 0 Å². The molecule has 1 aliphatic rings. The van der Waals surface area contributed by atoms with Crippen LogP contribution >= 0.6 is 11.3 Å². The number of piperazine rings is 1. The topological polar surface area (TPSA) is 45.7 Å². The van der Waals surface area contributed by atoms with Crippen molar-refractivity contribution in [2.24, 2.45) is 0 Å². The number of rotatable bonds is 1. The molecule has 1 saturated heterocycles. The summed E-state index contributed by atoms with van der Waals surface area (Å²) in [6.45, 7) is 12.0. The SMILES string of the molecule is Cc1ccc2nc(N3CCN(C(=O)OC(C)(C)C)C[C@@H]3C)sc2c1. The van der Waals surface area contributed by atoms with Crippen molar-refractivity contribution >= 4 is 32.8 Å². The number of aryl methyl sites for hydroxylation is 1. The van der Waals surface area contributed by atoms with Gasteiger partial charge in [0.1, 0.15) is 5.60 Å². The average molecular weight is 347 g/mol. The molecule has 0 N–H and O–H groups in total. The molecule has 1 aromatic heterocycles. The van der Waals surface area contributed by atoms with Gasteiger partial charge < -0.3 is 14.5 Å². The average Bonchev–Trinajstić information content (AvgIpc) is 2.87. The van der Waals surface area contributed by atoms with E-state index in [0.29, 0.717) is 13.1 Å². The van der Waals surface area contributed by atoms with Crippen LogP contribution in [-0.4, -0.2) is 47.3 Å². The van der Waals surface area contributed by atoms with Gasteiger partial charge in [-0.2, -0.15) is 0 Å². The lowest BCUT2D eigenvalue weighted by Crippen LogP contribution is -2.54. The van der Waals surface area contributed by atoms with Crippen molar-refractivity contribution < 1.29 is 9.53 Å². The molecule has 0 bridgehead atoms. The van der Waals surface area contributed by atoms with E-state index in [4.69, 9.17) is 9.72 Å². The van der Waals surface area contributed by atoms with Gasteiger partial charge in [-0.25, -0.2) is 9.78 Å². The Morgan fingerprint density at radius 3 is 2.75 bits per heavy atom. The number of hydrogen-bond donors (Lipinski definition) is 0. The lowest BCUT2D eigenvalue weighted by Gasteiger charge is -2.40. The molecule has 2 aromatic rings. The van der Waals surface area contributed by atoms with Crippen molar-refractivity contribution in [3.05, 3.63) is 23.8 Å². The van der Waals surface area contributed by atoms with E-state index in [1.54, 1.807) is 16.2 Å². The Hall–Kier alpha value is -1.82. The normalized spacial score (nSPS) is 19.0. The number of hydrogen-bond acceptors (Lipinski definition) is 5. The summed E-state index contributed by atoms with van der Waals surface area (Å²) in [6.07, 6.45) is -0.228. The molecule has 6 heteroatoms. The molecule has 3 rings (SSSR count). The molecule has 1 fully saturated rings. The minimum atomic E-state index is -0.456. The van der Waals surface area contributed by atoms with Gasteiger partial charge in [0.25, 0.3) is 0 Å². The summed E-state index contributed by atoms with van der Waals surface area (Å²) in [5, 5.41) is 1.03. The van der Waals surface area contributed by atoms with E-state index >= 15 is 0 Å². The van der Waals surface area contributed by atoms with Gasteiger partial charge in [0.2, 0.25) is 0 Å². The third-order valence-corrected chi connectivity index (χ3v) is 5.11. The van der Waals surface area contributed by atoms with E-state index < -0.39 is 5.60 Å². The van der Waals surface area contributed by atoms with E-state index in [2.05, 4.69) is 36.9 Å². The van der Waals surface area contributed by atoms with Crippen LogP contribution in [0, 0.1) is 6.92 Å². The predicted octanol–water partition coefficient (Wildman–Crippen LogP) is 4.05. The maximum absolute atomic E-state index is 12.3. The first-order chi connectivity index (χ1) is 11.2. The van der Waals surface area contributed by atoms with Crippen LogP contribution in [0.1, 0.15) is 33.3 Å². The number of fused-ring (bicyclic) bond motifs is 1. The largest absolute Gasteiger partial charge is 0.444 e. The Morgan fingerprint density at radius 2 is 2.08 bits per heavy atom. The highest BCUT2D eigenvalue weighted by Gasteiger charge is 2.31. The third kappa shape index (κ3) is 3.64. The van der Waals surface area contributed by atoms with Crippen molar-refractivity contribution in [1.82, 2.24) is 9.88 Å². The number of carbonyl (C=O) groups is 1. The minimum Gasteiger partial charge on any atom is -0.444 e. The zero-order chi connectivity index (χ0) is 17.5. The monoisotopic (exact) mass is 347 g/mol. The second-order valence-corrected chi connectivity index (χ2v) is 8.45. The fourth-order valence-electron chi connectivity index (χ4n) is 2.88. The molecule has 0 aliphatic carbocycles. The Labute approximate surface area is 147 Å². The van der Waals surface area contributed by atoms with Crippen molar-refractivity contribution in [2.75, 3.05) is 24.5 Å². The van der Waals surface area contributed by atoms with Crippen molar-refractivity contribution in [2.45, 2.75) is 46.3 Å². The molecule has 0 unspecified atom stereocenters. The van der Waals surface area contributed by atoms with Gasteiger partial charge in [-0.15, -0.1) is 0 Å². The van der Waals surface area contributed by atoms with Crippen LogP contribution in [0.2, 0.25) is 0 Å². The molecule has 5 nitrogen and oxygen atoms in total. The maximum Gasteiger partial charge on any atom is 0.410 e. The standard InChI is InChI=1S/C18H25N3O2S/c1-12-6-7-14-15(10-12)24-16(19-14)21-9-8-20(11-13(21)2)17(22)23-18(3,4)5/h6-7,10,13H,8-9,11H2,1-5H3/t13-/m0/s1.